The molecule has 0 aliphatic rings. The third-order valence-corrected chi connectivity index (χ3v) is 2.45. The van der Waals surface area contributed by atoms with Crippen molar-refractivity contribution in [2.75, 3.05) is 0 Å². The number of aliphatic hydroxyl groups excluding tert-OH is 1. The topological polar surface area (TPSA) is 42.4 Å². The fourth-order valence-electron chi connectivity index (χ4n) is 1.32. The Hall–Kier alpha value is -1.58. The molecule has 1 heterocycles. The summed E-state index contributed by atoms with van der Waals surface area (Å²) in [6.07, 6.45) is 3.26. The second-order valence-electron chi connectivity index (χ2n) is 3.17. The van der Waals surface area contributed by atoms with E-state index in [1.807, 2.05) is 0 Å². The van der Waals surface area contributed by atoms with E-state index in [-0.39, 0.29) is 6.61 Å². The minimum atomic E-state index is -0.157. The normalized spacial score (nSPS) is 10.1. The molecule has 0 aliphatic carbocycles. The Morgan fingerprint density at radius 3 is 2.81 bits per heavy atom. The number of nitrogens with zero attached hydrogens (tertiary/aromatic N) is 1. The molecule has 1 aromatic heterocycles. The summed E-state index contributed by atoms with van der Waals surface area (Å²) in [5, 5.41) is 9.69. The fraction of sp³-hybridized carbons (Fsp3) is 0.0833. The van der Waals surface area contributed by atoms with Crippen molar-refractivity contribution >= 4 is 11.6 Å². The molecular weight excluding hydrogens is 226 g/mol. The minimum Gasteiger partial charge on any atom is -0.455 e. The number of halogens is 1. The lowest BCUT2D eigenvalue weighted by atomic mass is 10.2. The van der Waals surface area contributed by atoms with E-state index in [4.69, 9.17) is 16.3 Å². The highest BCUT2D eigenvalue weighted by molar-refractivity contribution is 6.31. The number of pyridine rings is 1. The monoisotopic (exact) mass is 235 g/mol. The first-order valence-electron chi connectivity index (χ1n) is 4.77. The molecule has 82 valence electrons. The molecule has 2 rings (SSSR count). The lowest BCUT2D eigenvalue weighted by molar-refractivity contribution is 0.276. The van der Waals surface area contributed by atoms with Gasteiger partial charge in [0.05, 0.1) is 12.8 Å². The van der Waals surface area contributed by atoms with Crippen molar-refractivity contribution in [2.24, 2.45) is 0 Å². The Labute approximate surface area is 98.3 Å². The number of ether oxygens (including phenoxy) is 1. The Morgan fingerprint density at radius 1 is 1.25 bits per heavy atom. The van der Waals surface area contributed by atoms with Crippen LogP contribution in [-0.4, -0.2) is 10.1 Å². The van der Waals surface area contributed by atoms with E-state index >= 15 is 0 Å². The van der Waals surface area contributed by atoms with Gasteiger partial charge in [-0.25, -0.2) is 0 Å². The van der Waals surface area contributed by atoms with Crippen LogP contribution in [0.5, 0.6) is 11.5 Å². The standard InChI is InChI=1S/C12H10ClNO2/c13-11-4-1-5-12(10(11)8-15)16-9-3-2-6-14-7-9/h1-7,15H,8H2. The molecule has 2 aromatic rings. The molecule has 1 aromatic carbocycles. The number of aromatic nitrogens is 1. The van der Waals surface area contributed by atoms with Gasteiger partial charge in [-0.3, -0.25) is 4.98 Å². The third kappa shape index (κ3) is 2.32. The molecular formula is C12H10ClNO2. The summed E-state index contributed by atoms with van der Waals surface area (Å²) >= 11 is 5.94. The van der Waals surface area contributed by atoms with E-state index in [2.05, 4.69) is 4.98 Å². The van der Waals surface area contributed by atoms with E-state index in [0.717, 1.165) is 0 Å². The molecule has 0 saturated carbocycles. The molecule has 0 fully saturated rings. The molecule has 0 aliphatic heterocycles. The number of hydrogen-bond acceptors (Lipinski definition) is 3. The molecule has 1 N–H and O–H groups in total. The van der Waals surface area contributed by atoms with Crippen LogP contribution in [0, 0.1) is 0 Å². The minimum absolute atomic E-state index is 0.157. The van der Waals surface area contributed by atoms with Crippen LogP contribution >= 0.6 is 11.6 Å². The van der Waals surface area contributed by atoms with Crippen LogP contribution in [0.3, 0.4) is 0 Å². The first-order chi connectivity index (χ1) is 7.81. The number of benzene rings is 1. The Bertz CT molecular complexity index is 474. The maximum absolute atomic E-state index is 9.20. The second kappa shape index (κ2) is 4.96. The van der Waals surface area contributed by atoms with E-state index in [9.17, 15) is 5.11 Å². The molecule has 4 heteroatoms. The first kappa shape index (κ1) is 10.9. The molecule has 0 atom stereocenters. The smallest absolute Gasteiger partial charge is 0.145 e. The maximum atomic E-state index is 9.20. The van der Waals surface area contributed by atoms with Gasteiger partial charge in [0.1, 0.15) is 11.5 Å². The highest BCUT2D eigenvalue weighted by Crippen LogP contribution is 2.29. The molecule has 0 bridgehead atoms. The van der Waals surface area contributed by atoms with Crippen molar-refractivity contribution in [1.82, 2.24) is 4.98 Å². The summed E-state index contributed by atoms with van der Waals surface area (Å²) in [7, 11) is 0. The number of aliphatic hydroxyl groups is 1. The number of hydrogen-bond donors (Lipinski definition) is 1. The largest absolute Gasteiger partial charge is 0.455 e. The zero-order chi connectivity index (χ0) is 11.4. The van der Waals surface area contributed by atoms with Gasteiger partial charge in [-0.05, 0) is 24.3 Å². The zero-order valence-electron chi connectivity index (χ0n) is 8.43. The van der Waals surface area contributed by atoms with Crippen LogP contribution in [0.4, 0.5) is 0 Å². The molecule has 0 amide bonds. The lowest BCUT2D eigenvalue weighted by Crippen LogP contribution is -1.92. The Balaban J connectivity index is 2.31. The summed E-state index contributed by atoms with van der Waals surface area (Å²) in [5.41, 5.74) is 0.577. The van der Waals surface area contributed by atoms with E-state index < -0.39 is 0 Å². The van der Waals surface area contributed by atoms with Gasteiger partial charge in [-0.2, -0.15) is 0 Å². The van der Waals surface area contributed by atoms with Crippen LogP contribution in [0.15, 0.2) is 42.7 Å². The first-order valence-corrected chi connectivity index (χ1v) is 5.15. The Morgan fingerprint density at radius 2 is 2.12 bits per heavy atom. The summed E-state index contributed by atoms with van der Waals surface area (Å²) in [5.74, 6) is 1.16. The van der Waals surface area contributed by atoms with Gasteiger partial charge in [-0.15, -0.1) is 0 Å². The summed E-state index contributed by atoms with van der Waals surface area (Å²) in [6, 6.07) is 8.80. The van der Waals surface area contributed by atoms with Gasteiger partial charge >= 0.3 is 0 Å². The van der Waals surface area contributed by atoms with Gasteiger partial charge in [0, 0.05) is 16.8 Å². The maximum Gasteiger partial charge on any atom is 0.145 e. The van der Waals surface area contributed by atoms with Crippen LogP contribution in [-0.2, 0) is 6.61 Å². The fourth-order valence-corrected chi connectivity index (χ4v) is 1.55. The van der Waals surface area contributed by atoms with E-state index in [1.54, 1.807) is 42.7 Å². The zero-order valence-corrected chi connectivity index (χ0v) is 9.19. The van der Waals surface area contributed by atoms with Crippen molar-refractivity contribution in [2.45, 2.75) is 6.61 Å². The quantitative estimate of drug-likeness (QED) is 0.889. The van der Waals surface area contributed by atoms with Crippen molar-refractivity contribution in [3.8, 4) is 11.5 Å². The van der Waals surface area contributed by atoms with Gasteiger partial charge in [0.15, 0.2) is 0 Å². The molecule has 0 radical (unpaired) electrons. The predicted octanol–water partition coefficient (Wildman–Crippen LogP) is 3.02. The third-order valence-electron chi connectivity index (χ3n) is 2.10. The van der Waals surface area contributed by atoms with Gasteiger partial charge in [0.25, 0.3) is 0 Å². The highest BCUT2D eigenvalue weighted by atomic mass is 35.5. The molecule has 0 unspecified atom stereocenters. The highest BCUT2D eigenvalue weighted by Gasteiger charge is 2.07. The van der Waals surface area contributed by atoms with Gasteiger partial charge in [-0.1, -0.05) is 17.7 Å². The number of rotatable bonds is 3. The molecule has 3 nitrogen and oxygen atoms in total. The van der Waals surface area contributed by atoms with Gasteiger partial charge < -0.3 is 9.84 Å². The summed E-state index contributed by atoms with van der Waals surface area (Å²) < 4.78 is 5.57. The van der Waals surface area contributed by atoms with Gasteiger partial charge in [0.2, 0.25) is 0 Å². The van der Waals surface area contributed by atoms with Crippen molar-refractivity contribution in [1.29, 1.82) is 0 Å². The van der Waals surface area contributed by atoms with Crippen LogP contribution in [0.2, 0.25) is 5.02 Å². The average molecular weight is 236 g/mol. The molecule has 0 spiro atoms. The molecule has 16 heavy (non-hydrogen) atoms. The van der Waals surface area contributed by atoms with E-state index in [0.29, 0.717) is 22.1 Å². The lowest BCUT2D eigenvalue weighted by Gasteiger charge is -2.10. The Kier molecular flexibility index (Phi) is 3.39. The van der Waals surface area contributed by atoms with Crippen LogP contribution in [0.1, 0.15) is 5.56 Å². The van der Waals surface area contributed by atoms with Crippen molar-refractivity contribution < 1.29 is 9.84 Å². The van der Waals surface area contributed by atoms with Crippen LogP contribution < -0.4 is 4.74 Å². The summed E-state index contributed by atoms with van der Waals surface area (Å²) in [4.78, 5) is 3.94. The second-order valence-corrected chi connectivity index (χ2v) is 3.57. The SMILES string of the molecule is OCc1c(Cl)cccc1Oc1cccnc1. The predicted molar refractivity (Wildman–Crippen MR) is 61.7 cm³/mol. The molecule has 0 saturated heterocycles. The van der Waals surface area contributed by atoms with Crippen molar-refractivity contribution in [3.05, 3.63) is 53.3 Å². The van der Waals surface area contributed by atoms with Crippen molar-refractivity contribution in [3.63, 3.8) is 0 Å². The van der Waals surface area contributed by atoms with Crippen LogP contribution in [0.25, 0.3) is 0 Å². The van der Waals surface area contributed by atoms with E-state index in [1.165, 1.54) is 0 Å². The summed E-state index contributed by atoms with van der Waals surface area (Å²) in [6.45, 7) is -0.157. The average Bonchev–Trinajstić information content (AvgIpc) is 2.31.